The van der Waals surface area contributed by atoms with E-state index >= 15 is 0 Å². The lowest BCUT2D eigenvalue weighted by Crippen LogP contribution is -2.49. The predicted molar refractivity (Wildman–Crippen MR) is 121 cm³/mol. The molecule has 5 N–H and O–H groups in total. The number of fused-ring (bicyclic) bond motifs is 1. The van der Waals surface area contributed by atoms with E-state index in [0.29, 0.717) is 43.6 Å². The Labute approximate surface area is 194 Å². The van der Waals surface area contributed by atoms with Crippen molar-refractivity contribution in [2.75, 3.05) is 37.0 Å². The van der Waals surface area contributed by atoms with Gasteiger partial charge in [0.15, 0.2) is 17.2 Å². The van der Waals surface area contributed by atoms with Crippen LogP contribution in [0.5, 0.6) is 11.5 Å². The van der Waals surface area contributed by atoms with Crippen molar-refractivity contribution < 1.29 is 28.6 Å². The van der Waals surface area contributed by atoms with Crippen molar-refractivity contribution in [3.8, 4) is 11.5 Å². The second kappa shape index (κ2) is 9.63. The van der Waals surface area contributed by atoms with Crippen LogP contribution in [0.4, 0.5) is 11.4 Å². The van der Waals surface area contributed by atoms with Crippen LogP contribution in [0.1, 0.15) is 39.9 Å². The zero-order chi connectivity index (χ0) is 23.5. The molecule has 2 unspecified atom stereocenters. The molecule has 1 aromatic heterocycles. The first-order valence-corrected chi connectivity index (χ1v) is 11.3. The van der Waals surface area contributed by atoms with Gasteiger partial charge < -0.3 is 31.0 Å². The first kappa shape index (κ1) is 22.8. The normalized spacial score (nSPS) is 17.9. The molecule has 0 aliphatic carbocycles. The third-order valence-electron chi connectivity index (χ3n) is 5.47. The maximum atomic E-state index is 13.6. The van der Waals surface area contributed by atoms with Crippen LogP contribution >= 0.6 is 11.5 Å². The molecule has 2 aliphatic rings. The summed E-state index contributed by atoms with van der Waals surface area (Å²) in [7, 11) is 0. The summed E-state index contributed by atoms with van der Waals surface area (Å²) < 4.78 is 20.7. The van der Waals surface area contributed by atoms with Gasteiger partial charge in [-0.05, 0) is 43.4 Å². The minimum Gasteiger partial charge on any atom is -0.486 e. The number of amides is 3. The second-order valence-corrected chi connectivity index (χ2v) is 8.47. The maximum absolute atomic E-state index is 13.6. The van der Waals surface area contributed by atoms with Crippen LogP contribution in [-0.2, 0) is 9.53 Å². The van der Waals surface area contributed by atoms with E-state index < -0.39 is 17.9 Å². The Morgan fingerprint density at radius 2 is 2.00 bits per heavy atom. The zero-order valence-electron chi connectivity index (χ0n) is 18.0. The van der Waals surface area contributed by atoms with Crippen molar-refractivity contribution in [3.63, 3.8) is 0 Å². The molecule has 1 aromatic carbocycles. The number of primary amides is 1. The van der Waals surface area contributed by atoms with E-state index in [2.05, 4.69) is 9.69 Å². The summed E-state index contributed by atoms with van der Waals surface area (Å²) in [6.07, 6.45) is 1.77. The fourth-order valence-electron chi connectivity index (χ4n) is 3.72. The van der Waals surface area contributed by atoms with E-state index in [4.69, 9.17) is 25.7 Å². The number of nitrogens with two attached hydrogens (primary N) is 2. The quantitative estimate of drug-likeness (QED) is 0.533. The van der Waals surface area contributed by atoms with E-state index in [1.165, 1.54) is 4.90 Å². The Morgan fingerprint density at radius 1 is 1.24 bits per heavy atom. The lowest BCUT2D eigenvalue weighted by atomic mass is 10.1. The monoisotopic (exact) mass is 475 g/mol. The number of nitrogens with one attached hydrogen (secondary N) is 1. The van der Waals surface area contributed by atoms with Gasteiger partial charge in [-0.1, -0.05) is 0 Å². The molecule has 1 saturated heterocycles. The van der Waals surface area contributed by atoms with E-state index in [9.17, 15) is 14.4 Å². The van der Waals surface area contributed by atoms with Gasteiger partial charge in [0, 0.05) is 24.9 Å². The Balaban J connectivity index is 1.65. The average molecular weight is 476 g/mol. The van der Waals surface area contributed by atoms with Gasteiger partial charge >= 0.3 is 0 Å². The highest BCUT2D eigenvalue weighted by Gasteiger charge is 2.33. The zero-order valence-corrected chi connectivity index (χ0v) is 18.9. The summed E-state index contributed by atoms with van der Waals surface area (Å²) in [4.78, 5) is 39.4. The van der Waals surface area contributed by atoms with Gasteiger partial charge in [-0.15, -0.1) is 0 Å². The van der Waals surface area contributed by atoms with Gasteiger partial charge in [0.25, 0.3) is 11.8 Å². The lowest BCUT2D eigenvalue weighted by molar-refractivity contribution is -0.122. The van der Waals surface area contributed by atoms with Gasteiger partial charge in [-0.3, -0.25) is 19.3 Å². The molecule has 176 valence electrons. The Hall–Kier alpha value is -3.38. The fourth-order valence-corrected chi connectivity index (χ4v) is 4.46. The largest absolute Gasteiger partial charge is 0.486 e. The standard InChI is InChI=1S/C21H25N5O6S/c1-11(20(28)24-10-13-3-2-6-30-13)26(12-4-5-14-15(9-12)32-8-7-31-14)21(29)18-16(22)17(19(23)27)25-33-18/h4-5,9,11,13H,2-3,6-8,10,22H2,1H3,(H2,23,27)(H,24,28). The minimum absolute atomic E-state index is 0.0115. The van der Waals surface area contributed by atoms with Crippen molar-refractivity contribution in [2.24, 2.45) is 5.73 Å². The van der Waals surface area contributed by atoms with Gasteiger partial charge in [-0.25, -0.2) is 0 Å². The lowest BCUT2D eigenvalue weighted by Gasteiger charge is -2.30. The molecular weight excluding hydrogens is 450 g/mol. The van der Waals surface area contributed by atoms with Crippen molar-refractivity contribution >= 4 is 40.6 Å². The van der Waals surface area contributed by atoms with E-state index in [0.717, 1.165) is 24.4 Å². The fraction of sp³-hybridized carbons (Fsp3) is 0.429. The highest BCUT2D eigenvalue weighted by molar-refractivity contribution is 7.09. The molecule has 33 heavy (non-hydrogen) atoms. The summed E-state index contributed by atoms with van der Waals surface area (Å²) >= 11 is 0.753. The molecule has 0 spiro atoms. The molecule has 2 atom stereocenters. The van der Waals surface area contributed by atoms with Gasteiger partial charge in [-0.2, -0.15) is 4.37 Å². The molecule has 3 heterocycles. The van der Waals surface area contributed by atoms with Crippen LogP contribution in [0.15, 0.2) is 18.2 Å². The SMILES string of the molecule is CC(C(=O)NCC1CCCO1)N(C(=O)c1snc(C(N)=O)c1N)c1ccc2c(c1)OCCO2. The molecule has 3 amide bonds. The number of carbonyl (C=O) groups excluding carboxylic acids is 3. The average Bonchev–Trinajstić information content (AvgIpc) is 3.47. The van der Waals surface area contributed by atoms with Crippen LogP contribution in [0.25, 0.3) is 0 Å². The molecule has 2 aliphatic heterocycles. The number of ether oxygens (including phenoxy) is 3. The Kier molecular flexibility index (Phi) is 6.65. The van der Waals surface area contributed by atoms with Gasteiger partial charge in [0.1, 0.15) is 24.1 Å². The molecular formula is C21H25N5O6S. The van der Waals surface area contributed by atoms with Crippen LogP contribution in [0.2, 0.25) is 0 Å². The number of aromatic nitrogens is 1. The smallest absolute Gasteiger partial charge is 0.272 e. The number of nitrogens with zero attached hydrogens (tertiary/aromatic N) is 2. The van der Waals surface area contributed by atoms with Crippen molar-refractivity contribution in [2.45, 2.75) is 31.9 Å². The Bertz CT molecular complexity index is 1070. The van der Waals surface area contributed by atoms with Crippen LogP contribution in [-0.4, -0.2) is 60.6 Å². The van der Waals surface area contributed by atoms with Gasteiger partial charge in [0.2, 0.25) is 5.91 Å². The summed E-state index contributed by atoms with van der Waals surface area (Å²) in [5, 5.41) is 2.85. The summed E-state index contributed by atoms with van der Waals surface area (Å²) in [6, 6.07) is 4.04. The van der Waals surface area contributed by atoms with E-state index in [1.807, 2.05) is 0 Å². The number of rotatable bonds is 7. The summed E-state index contributed by atoms with van der Waals surface area (Å²) in [6.45, 7) is 3.41. The summed E-state index contributed by atoms with van der Waals surface area (Å²) in [5.74, 6) is -0.795. The van der Waals surface area contributed by atoms with Crippen molar-refractivity contribution in [1.82, 2.24) is 9.69 Å². The minimum atomic E-state index is -0.917. The van der Waals surface area contributed by atoms with Gasteiger partial charge in [0.05, 0.1) is 11.8 Å². The topological polar surface area (TPSA) is 159 Å². The molecule has 0 saturated carbocycles. The maximum Gasteiger partial charge on any atom is 0.272 e. The van der Waals surface area contributed by atoms with Crippen LogP contribution in [0.3, 0.4) is 0 Å². The first-order chi connectivity index (χ1) is 15.9. The van der Waals surface area contributed by atoms with E-state index in [-0.39, 0.29) is 28.3 Å². The number of hydrogen-bond acceptors (Lipinski definition) is 9. The molecule has 0 radical (unpaired) electrons. The number of hydrogen-bond donors (Lipinski definition) is 3. The Morgan fingerprint density at radius 3 is 2.67 bits per heavy atom. The third kappa shape index (κ3) is 4.71. The molecule has 0 bridgehead atoms. The first-order valence-electron chi connectivity index (χ1n) is 10.5. The highest BCUT2D eigenvalue weighted by atomic mass is 32.1. The van der Waals surface area contributed by atoms with Crippen LogP contribution < -0.4 is 31.2 Å². The molecule has 2 aromatic rings. The molecule has 1 fully saturated rings. The predicted octanol–water partition coefficient (Wildman–Crippen LogP) is 0.926. The summed E-state index contributed by atoms with van der Waals surface area (Å²) in [5.41, 5.74) is 11.4. The number of nitrogen functional groups attached to an aromatic ring is 1. The van der Waals surface area contributed by atoms with E-state index in [1.54, 1.807) is 25.1 Å². The number of benzene rings is 1. The third-order valence-corrected chi connectivity index (χ3v) is 6.32. The molecule has 11 nitrogen and oxygen atoms in total. The second-order valence-electron chi connectivity index (χ2n) is 7.70. The number of carbonyl (C=O) groups is 3. The number of anilines is 2. The molecule has 12 heteroatoms. The van der Waals surface area contributed by atoms with Crippen molar-refractivity contribution in [1.29, 1.82) is 0 Å². The molecule has 4 rings (SSSR count). The highest BCUT2D eigenvalue weighted by Crippen LogP contribution is 2.36. The van der Waals surface area contributed by atoms with Crippen molar-refractivity contribution in [3.05, 3.63) is 28.8 Å². The van der Waals surface area contributed by atoms with Crippen LogP contribution in [0, 0.1) is 0 Å².